The van der Waals surface area contributed by atoms with Crippen LogP contribution in [-0.4, -0.2) is 28.2 Å². The van der Waals surface area contributed by atoms with Gasteiger partial charge in [0.25, 0.3) is 5.22 Å². The van der Waals surface area contributed by atoms with Crippen molar-refractivity contribution in [2.75, 3.05) is 12.3 Å². The second kappa shape index (κ2) is 7.10. The van der Waals surface area contributed by atoms with Crippen LogP contribution in [0.15, 0.2) is 27.7 Å². The first-order valence-electron chi connectivity index (χ1n) is 5.09. The Morgan fingerprint density at radius 3 is 2.89 bits per heavy atom. The predicted octanol–water partition coefficient (Wildman–Crippen LogP) is 3.18. The Labute approximate surface area is 106 Å². The number of hydrogen-bond acceptors (Lipinski definition) is 4. The Bertz CT molecular complexity index is 456. The van der Waals surface area contributed by atoms with Gasteiger partial charge in [-0.3, -0.25) is 0 Å². The topological polar surface area (TPSA) is 52.1 Å². The molecule has 1 heterocycles. The molecule has 100 valence electrons. The number of oxazole rings is 1. The third-order valence-electron chi connectivity index (χ3n) is 1.84. The lowest BCUT2D eigenvalue weighted by atomic mass is 10.4. The van der Waals surface area contributed by atoms with Gasteiger partial charge in [0.05, 0.1) is 6.20 Å². The van der Waals surface area contributed by atoms with E-state index in [9.17, 15) is 18.4 Å². The molecule has 0 unspecified atom stereocenters. The number of halogens is 3. The molecule has 4 nitrogen and oxygen atoms in total. The van der Waals surface area contributed by atoms with Gasteiger partial charge >= 0.3 is 6.08 Å². The van der Waals surface area contributed by atoms with Crippen LogP contribution in [0, 0.1) is 5.21 Å². The van der Waals surface area contributed by atoms with Crippen LogP contribution in [0.25, 0.3) is 0 Å². The maximum absolute atomic E-state index is 12.5. The van der Waals surface area contributed by atoms with Gasteiger partial charge in [0.1, 0.15) is 0 Å². The molecule has 0 radical (unpaired) electrons. The van der Waals surface area contributed by atoms with Gasteiger partial charge in [-0.25, -0.2) is 14.1 Å². The summed E-state index contributed by atoms with van der Waals surface area (Å²) < 4.78 is 41.8. The first kappa shape index (κ1) is 14.6. The zero-order valence-electron chi connectivity index (χ0n) is 9.53. The van der Waals surface area contributed by atoms with E-state index in [0.717, 1.165) is 11.8 Å². The summed E-state index contributed by atoms with van der Waals surface area (Å²) in [6.07, 6.45) is -0.136. The highest BCUT2D eigenvalue weighted by Crippen LogP contribution is 2.22. The molecule has 0 spiro atoms. The molecule has 0 saturated carbocycles. The Morgan fingerprint density at radius 1 is 1.56 bits per heavy atom. The highest BCUT2D eigenvalue weighted by molar-refractivity contribution is 7.99. The van der Waals surface area contributed by atoms with Gasteiger partial charge in [-0.15, -0.1) is 0 Å². The predicted molar refractivity (Wildman–Crippen MR) is 61.5 cm³/mol. The van der Waals surface area contributed by atoms with Crippen molar-refractivity contribution in [3.8, 4) is 0 Å². The lowest BCUT2D eigenvalue weighted by Crippen LogP contribution is -2.03. The fraction of sp³-hybridized carbons (Fsp3) is 0.400. The number of rotatable bonds is 6. The molecule has 0 saturated heterocycles. The van der Waals surface area contributed by atoms with Crippen LogP contribution < -0.4 is 0 Å². The Balaban J connectivity index is 2.48. The summed E-state index contributed by atoms with van der Waals surface area (Å²) in [4.78, 5) is 3.82. The minimum Gasteiger partial charge on any atom is -0.624 e. The lowest BCUT2D eigenvalue weighted by molar-refractivity contribution is -0.448. The number of hydroxylamine groups is 1. The third-order valence-corrected chi connectivity index (χ3v) is 2.68. The molecule has 0 aliphatic carbocycles. The average molecular weight is 280 g/mol. The molecular formula is C10H11F3N2O2S. The summed E-state index contributed by atoms with van der Waals surface area (Å²) in [5.41, 5.74) is 0. The van der Waals surface area contributed by atoms with Crippen molar-refractivity contribution < 1.29 is 22.3 Å². The number of hydrogen-bond donors (Lipinski definition) is 0. The van der Waals surface area contributed by atoms with Crippen LogP contribution in [0.3, 0.4) is 0 Å². The SMILES string of the molecule is CC[N+]([O-])=Cc1cnc(SCCC(F)=C(F)F)o1. The van der Waals surface area contributed by atoms with E-state index in [1.807, 2.05) is 0 Å². The molecule has 0 fully saturated rings. The number of nitrogens with zero attached hydrogens (tertiary/aromatic N) is 2. The van der Waals surface area contributed by atoms with Crippen molar-refractivity contribution in [2.45, 2.75) is 18.6 Å². The summed E-state index contributed by atoms with van der Waals surface area (Å²) >= 11 is 0.996. The minimum absolute atomic E-state index is 0.0813. The first-order chi connectivity index (χ1) is 8.52. The van der Waals surface area contributed by atoms with Crippen molar-refractivity contribution >= 4 is 18.0 Å². The Hall–Kier alpha value is -1.44. The van der Waals surface area contributed by atoms with Gasteiger partial charge in [-0.2, -0.15) is 8.78 Å². The normalized spacial score (nSPS) is 11.7. The lowest BCUT2D eigenvalue weighted by Gasteiger charge is -1.96. The van der Waals surface area contributed by atoms with E-state index in [1.54, 1.807) is 6.92 Å². The molecule has 1 aromatic rings. The molecule has 18 heavy (non-hydrogen) atoms. The highest BCUT2D eigenvalue weighted by atomic mass is 32.2. The molecule has 0 aliphatic heterocycles. The first-order valence-corrected chi connectivity index (χ1v) is 6.08. The second-order valence-electron chi connectivity index (χ2n) is 3.15. The van der Waals surface area contributed by atoms with Crippen LogP contribution in [0.4, 0.5) is 13.2 Å². The van der Waals surface area contributed by atoms with Crippen molar-refractivity contribution in [3.63, 3.8) is 0 Å². The molecular weight excluding hydrogens is 269 g/mol. The summed E-state index contributed by atoms with van der Waals surface area (Å²) in [6, 6.07) is 0. The molecule has 0 aliphatic rings. The van der Waals surface area contributed by atoms with Crippen LogP contribution >= 0.6 is 11.8 Å². The maximum Gasteiger partial charge on any atom is 0.301 e. The number of aromatic nitrogens is 1. The van der Waals surface area contributed by atoms with E-state index in [-0.39, 0.29) is 23.3 Å². The van der Waals surface area contributed by atoms with Crippen LogP contribution in [-0.2, 0) is 0 Å². The molecule has 0 bridgehead atoms. The largest absolute Gasteiger partial charge is 0.624 e. The standard InChI is InChI=1S/C10H11F3N2O2S/c1-2-15(16)6-7-5-14-10(17-7)18-4-3-8(11)9(12)13/h5-6H,2-4H2,1H3. The fourth-order valence-corrected chi connectivity index (χ4v) is 1.69. The van der Waals surface area contributed by atoms with E-state index in [0.29, 0.717) is 4.74 Å². The third kappa shape index (κ3) is 4.82. The Morgan fingerprint density at radius 2 is 2.28 bits per heavy atom. The van der Waals surface area contributed by atoms with Gasteiger partial charge in [-0.05, 0) is 6.92 Å². The smallest absolute Gasteiger partial charge is 0.301 e. The van der Waals surface area contributed by atoms with Crippen LogP contribution in [0.1, 0.15) is 19.1 Å². The van der Waals surface area contributed by atoms with Gasteiger partial charge in [0.15, 0.2) is 12.4 Å². The minimum atomic E-state index is -2.30. The molecule has 0 amide bonds. The van der Waals surface area contributed by atoms with Gasteiger partial charge < -0.3 is 9.62 Å². The molecule has 0 aromatic carbocycles. The summed E-state index contributed by atoms with van der Waals surface area (Å²) in [6.45, 7) is 1.95. The average Bonchev–Trinajstić information content (AvgIpc) is 2.76. The maximum atomic E-state index is 12.5. The van der Waals surface area contributed by atoms with Crippen molar-refractivity contribution in [1.82, 2.24) is 4.98 Å². The van der Waals surface area contributed by atoms with E-state index in [4.69, 9.17) is 4.42 Å². The van der Waals surface area contributed by atoms with E-state index in [2.05, 4.69) is 4.98 Å². The number of thioether (sulfide) groups is 1. The van der Waals surface area contributed by atoms with Gasteiger partial charge in [0, 0.05) is 12.2 Å². The molecule has 0 atom stereocenters. The summed E-state index contributed by atoms with van der Waals surface area (Å²) in [5, 5.41) is 11.2. The van der Waals surface area contributed by atoms with Gasteiger partial charge in [-0.1, -0.05) is 11.8 Å². The second-order valence-corrected chi connectivity index (χ2v) is 4.20. The summed E-state index contributed by atoms with van der Waals surface area (Å²) in [5.74, 6) is -1.09. The van der Waals surface area contributed by atoms with Crippen molar-refractivity contribution in [3.05, 3.63) is 29.1 Å². The highest BCUT2D eigenvalue weighted by Gasteiger charge is 2.08. The quantitative estimate of drug-likeness (QED) is 0.264. The number of allylic oxidation sites excluding steroid dienone is 1. The molecule has 1 rings (SSSR count). The summed E-state index contributed by atoms with van der Waals surface area (Å²) in [7, 11) is 0. The van der Waals surface area contributed by atoms with E-state index in [1.165, 1.54) is 12.4 Å². The van der Waals surface area contributed by atoms with Gasteiger partial charge in [0.2, 0.25) is 12.0 Å². The van der Waals surface area contributed by atoms with E-state index >= 15 is 0 Å². The molecule has 1 aromatic heterocycles. The van der Waals surface area contributed by atoms with Crippen LogP contribution in [0.2, 0.25) is 0 Å². The van der Waals surface area contributed by atoms with Crippen molar-refractivity contribution in [2.24, 2.45) is 0 Å². The Kier molecular flexibility index (Phi) is 5.76. The molecule has 8 heteroatoms. The van der Waals surface area contributed by atoms with Crippen molar-refractivity contribution in [1.29, 1.82) is 0 Å². The van der Waals surface area contributed by atoms with Crippen LogP contribution in [0.5, 0.6) is 0 Å². The van der Waals surface area contributed by atoms with E-state index < -0.39 is 18.3 Å². The molecule has 0 N–H and O–H groups in total. The monoisotopic (exact) mass is 280 g/mol. The fourth-order valence-electron chi connectivity index (χ4n) is 0.952. The zero-order valence-corrected chi connectivity index (χ0v) is 10.3. The zero-order chi connectivity index (χ0) is 13.5.